The molecule has 0 bridgehead atoms. The van der Waals surface area contributed by atoms with Gasteiger partial charge < -0.3 is 4.74 Å². The van der Waals surface area contributed by atoms with Gasteiger partial charge in [0.15, 0.2) is 0 Å². The van der Waals surface area contributed by atoms with E-state index in [2.05, 4.69) is 31.8 Å². The third-order valence-corrected chi connectivity index (χ3v) is 2.76. The smallest absolute Gasteiger partial charge is 0.141 e. The molecule has 82 valence electrons. The molecule has 1 aromatic heterocycles. The zero-order valence-corrected chi connectivity index (χ0v) is 9.79. The van der Waals surface area contributed by atoms with Gasteiger partial charge in [0.1, 0.15) is 5.75 Å². The van der Waals surface area contributed by atoms with Crippen LogP contribution in [-0.4, -0.2) is 11.1 Å². The minimum atomic E-state index is 0.455. The normalized spacial score (nSPS) is 15.7. The molecule has 15 heavy (non-hydrogen) atoms. The topological polar surface area (TPSA) is 22.1 Å². The standard InChI is InChI=1S/C13H19NO/c1-4-10-7-12(9(2)3)13(8-14-10)15-11-5-6-11/h7-9,11H,4-6H2,1-3H3. The van der Waals surface area contributed by atoms with E-state index < -0.39 is 0 Å². The number of ether oxygens (including phenoxy) is 1. The van der Waals surface area contributed by atoms with Crippen molar-refractivity contribution in [2.45, 2.75) is 52.1 Å². The molecule has 0 unspecified atom stereocenters. The van der Waals surface area contributed by atoms with Crippen molar-refractivity contribution in [3.8, 4) is 5.75 Å². The van der Waals surface area contributed by atoms with Gasteiger partial charge in [-0.25, -0.2) is 0 Å². The Labute approximate surface area is 91.7 Å². The minimum absolute atomic E-state index is 0.455. The second-order valence-electron chi connectivity index (χ2n) is 4.54. The van der Waals surface area contributed by atoms with Crippen molar-refractivity contribution in [1.29, 1.82) is 0 Å². The van der Waals surface area contributed by atoms with E-state index in [-0.39, 0.29) is 0 Å². The summed E-state index contributed by atoms with van der Waals surface area (Å²) in [6.07, 6.45) is 5.74. The average Bonchev–Trinajstić information content (AvgIpc) is 3.02. The van der Waals surface area contributed by atoms with Gasteiger partial charge in [-0.3, -0.25) is 4.98 Å². The second-order valence-corrected chi connectivity index (χ2v) is 4.54. The molecule has 2 rings (SSSR count). The number of nitrogens with zero attached hydrogens (tertiary/aromatic N) is 1. The molecule has 1 heterocycles. The van der Waals surface area contributed by atoms with Crippen molar-refractivity contribution < 1.29 is 4.74 Å². The summed E-state index contributed by atoms with van der Waals surface area (Å²) >= 11 is 0. The van der Waals surface area contributed by atoms with Gasteiger partial charge in [0.25, 0.3) is 0 Å². The fourth-order valence-corrected chi connectivity index (χ4v) is 1.61. The predicted octanol–water partition coefficient (Wildman–Crippen LogP) is 3.31. The van der Waals surface area contributed by atoms with Crippen LogP contribution >= 0.6 is 0 Å². The second kappa shape index (κ2) is 4.21. The predicted molar refractivity (Wildman–Crippen MR) is 61.4 cm³/mol. The molecule has 0 amide bonds. The highest BCUT2D eigenvalue weighted by Crippen LogP contribution is 2.32. The van der Waals surface area contributed by atoms with Crippen molar-refractivity contribution in [3.05, 3.63) is 23.5 Å². The quantitative estimate of drug-likeness (QED) is 0.752. The molecule has 2 nitrogen and oxygen atoms in total. The van der Waals surface area contributed by atoms with Crippen LogP contribution in [0.3, 0.4) is 0 Å². The molecule has 0 saturated heterocycles. The van der Waals surface area contributed by atoms with Crippen LogP contribution < -0.4 is 4.74 Å². The van der Waals surface area contributed by atoms with Gasteiger partial charge in [0.05, 0.1) is 12.3 Å². The van der Waals surface area contributed by atoms with Crippen molar-refractivity contribution in [3.63, 3.8) is 0 Å². The Balaban J connectivity index is 2.25. The summed E-state index contributed by atoms with van der Waals surface area (Å²) in [5.74, 6) is 1.50. The van der Waals surface area contributed by atoms with Gasteiger partial charge in [-0.15, -0.1) is 0 Å². The van der Waals surface area contributed by atoms with Crippen LogP contribution in [0, 0.1) is 0 Å². The van der Waals surface area contributed by atoms with Gasteiger partial charge >= 0.3 is 0 Å². The highest BCUT2D eigenvalue weighted by molar-refractivity contribution is 5.35. The van der Waals surface area contributed by atoms with Crippen LogP contribution in [-0.2, 0) is 6.42 Å². The van der Waals surface area contributed by atoms with E-state index in [0.29, 0.717) is 12.0 Å². The van der Waals surface area contributed by atoms with E-state index >= 15 is 0 Å². The fourth-order valence-electron chi connectivity index (χ4n) is 1.61. The molecule has 0 aromatic carbocycles. The first kappa shape index (κ1) is 10.5. The van der Waals surface area contributed by atoms with E-state index in [0.717, 1.165) is 17.9 Å². The molecular weight excluding hydrogens is 186 g/mol. The Hall–Kier alpha value is -1.05. The van der Waals surface area contributed by atoms with E-state index in [1.165, 1.54) is 18.4 Å². The van der Waals surface area contributed by atoms with Crippen LogP contribution in [0.4, 0.5) is 0 Å². The van der Waals surface area contributed by atoms with E-state index in [1.807, 2.05) is 6.20 Å². The fraction of sp³-hybridized carbons (Fsp3) is 0.615. The van der Waals surface area contributed by atoms with E-state index in [9.17, 15) is 0 Å². The first-order chi connectivity index (χ1) is 7.20. The number of pyridine rings is 1. The van der Waals surface area contributed by atoms with Crippen molar-refractivity contribution in [1.82, 2.24) is 4.98 Å². The van der Waals surface area contributed by atoms with E-state index in [1.54, 1.807) is 0 Å². The van der Waals surface area contributed by atoms with Gasteiger partial charge in [0.2, 0.25) is 0 Å². The summed E-state index contributed by atoms with van der Waals surface area (Å²) < 4.78 is 5.85. The summed E-state index contributed by atoms with van der Waals surface area (Å²) in [6.45, 7) is 6.54. The van der Waals surface area contributed by atoms with Gasteiger partial charge in [-0.2, -0.15) is 0 Å². The molecular formula is C13H19NO. The van der Waals surface area contributed by atoms with Crippen LogP contribution in [0.5, 0.6) is 5.75 Å². The van der Waals surface area contributed by atoms with Crippen LogP contribution in [0.1, 0.15) is 50.8 Å². The Morgan fingerprint density at radius 1 is 1.47 bits per heavy atom. The Kier molecular flexibility index (Phi) is 2.94. The van der Waals surface area contributed by atoms with Crippen molar-refractivity contribution in [2.24, 2.45) is 0 Å². The largest absolute Gasteiger partial charge is 0.489 e. The lowest BCUT2D eigenvalue weighted by Gasteiger charge is -2.14. The highest BCUT2D eigenvalue weighted by atomic mass is 16.5. The monoisotopic (exact) mass is 205 g/mol. The maximum Gasteiger partial charge on any atom is 0.141 e. The molecule has 2 heteroatoms. The van der Waals surface area contributed by atoms with Crippen LogP contribution in [0.15, 0.2) is 12.3 Å². The Bertz CT molecular complexity index is 342. The Morgan fingerprint density at radius 2 is 2.20 bits per heavy atom. The zero-order chi connectivity index (χ0) is 10.8. The zero-order valence-electron chi connectivity index (χ0n) is 9.79. The molecule has 0 N–H and O–H groups in total. The first-order valence-corrected chi connectivity index (χ1v) is 5.86. The molecule has 1 fully saturated rings. The lowest BCUT2D eigenvalue weighted by molar-refractivity contribution is 0.297. The third-order valence-electron chi connectivity index (χ3n) is 2.76. The third kappa shape index (κ3) is 2.49. The summed E-state index contributed by atoms with van der Waals surface area (Å²) in [4.78, 5) is 4.40. The molecule has 1 aliphatic carbocycles. The molecule has 0 spiro atoms. The average molecular weight is 205 g/mol. The lowest BCUT2D eigenvalue weighted by Crippen LogP contribution is -2.03. The molecule has 0 radical (unpaired) electrons. The summed E-state index contributed by atoms with van der Waals surface area (Å²) in [5, 5.41) is 0. The molecule has 1 saturated carbocycles. The summed E-state index contributed by atoms with van der Waals surface area (Å²) in [6, 6.07) is 2.18. The number of rotatable bonds is 4. The molecule has 1 aliphatic rings. The Morgan fingerprint density at radius 3 is 2.73 bits per heavy atom. The SMILES string of the molecule is CCc1cc(C(C)C)c(OC2CC2)cn1. The van der Waals surface area contributed by atoms with Crippen LogP contribution in [0.25, 0.3) is 0 Å². The first-order valence-electron chi connectivity index (χ1n) is 5.86. The number of hydrogen-bond donors (Lipinski definition) is 0. The van der Waals surface area contributed by atoms with Crippen molar-refractivity contribution in [2.75, 3.05) is 0 Å². The highest BCUT2D eigenvalue weighted by Gasteiger charge is 2.25. The summed E-state index contributed by atoms with van der Waals surface area (Å²) in [5.41, 5.74) is 2.45. The van der Waals surface area contributed by atoms with Crippen LogP contribution in [0.2, 0.25) is 0 Å². The number of aromatic nitrogens is 1. The maximum absolute atomic E-state index is 5.85. The molecule has 0 atom stereocenters. The number of hydrogen-bond acceptors (Lipinski definition) is 2. The van der Waals surface area contributed by atoms with Gasteiger partial charge in [-0.05, 0) is 31.2 Å². The summed E-state index contributed by atoms with van der Waals surface area (Å²) in [7, 11) is 0. The molecule has 1 aromatic rings. The van der Waals surface area contributed by atoms with Gasteiger partial charge in [0, 0.05) is 11.3 Å². The lowest BCUT2D eigenvalue weighted by atomic mass is 10.0. The minimum Gasteiger partial charge on any atom is -0.489 e. The molecule has 0 aliphatic heterocycles. The van der Waals surface area contributed by atoms with Gasteiger partial charge in [-0.1, -0.05) is 20.8 Å². The maximum atomic E-state index is 5.85. The van der Waals surface area contributed by atoms with Crippen molar-refractivity contribution >= 4 is 0 Å². The number of aryl methyl sites for hydroxylation is 1. The van der Waals surface area contributed by atoms with E-state index in [4.69, 9.17) is 4.74 Å².